The number of benzene rings is 1. The lowest BCUT2D eigenvalue weighted by Crippen LogP contribution is -2.41. The van der Waals surface area contributed by atoms with Gasteiger partial charge >= 0.3 is 5.97 Å². The summed E-state index contributed by atoms with van der Waals surface area (Å²) in [6.07, 6.45) is -0.0456. The molecular weight excluding hydrogens is 242 g/mol. The Hall–Kier alpha value is -1.84. The molecule has 0 spiro atoms. The van der Waals surface area contributed by atoms with Crippen LogP contribution in [0.15, 0.2) is 24.3 Å². The lowest BCUT2D eigenvalue weighted by molar-refractivity contribution is -0.141. The molecule has 0 heterocycles. The van der Waals surface area contributed by atoms with E-state index in [-0.39, 0.29) is 17.9 Å². The van der Waals surface area contributed by atoms with E-state index in [1.165, 1.54) is 0 Å². The molecule has 0 saturated heterocycles. The third-order valence-electron chi connectivity index (χ3n) is 2.65. The molecule has 0 fully saturated rings. The summed E-state index contributed by atoms with van der Waals surface area (Å²) in [7, 11) is 0. The zero-order valence-corrected chi connectivity index (χ0v) is 11.9. The van der Waals surface area contributed by atoms with Crippen LogP contribution in [0.1, 0.15) is 44.2 Å². The standard InChI is InChI=1S/C15H21NO3/c1-10-6-5-7-11(8-10)12(14(18)19)9-13(17)16-15(2,3)4/h5-8,12H,9H2,1-4H3,(H,16,17)(H,18,19). The van der Waals surface area contributed by atoms with Gasteiger partial charge in [-0.05, 0) is 33.3 Å². The van der Waals surface area contributed by atoms with Gasteiger partial charge in [0.1, 0.15) is 0 Å². The number of nitrogens with one attached hydrogen (secondary N) is 1. The molecule has 0 aromatic heterocycles. The molecular formula is C15H21NO3. The summed E-state index contributed by atoms with van der Waals surface area (Å²) in [5.41, 5.74) is 1.30. The van der Waals surface area contributed by atoms with Crippen molar-refractivity contribution < 1.29 is 14.7 Å². The van der Waals surface area contributed by atoms with E-state index in [0.29, 0.717) is 5.56 Å². The van der Waals surface area contributed by atoms with Gasteiger partial charge < -0.3 is 10.4 Å². The van der Waals surface area contributed by atoms with E-state index >= 15 is 0 Å². The number of aliphatic carboxylic acids is 1. The van der Waals surface area contributed by atoms with Gasteiger partial charge in [0.2, 0.25) is 5.91 Å². The van der Waals surface area contributed by atoms with Crippen LogP contribution in [0, 0.1) is 6.92 Å². The number of carboxylic acid groups (broad SMARTS) is 1. The summed E-state index contributed by atoms with van der Waals surface area (Å²) in [5.74, 6) is -2.03. The van der Waals surface area contributed by atoms with Gasteiger partial charge in [0.15, 0.2) is 0 Å². The molecule has 104 valence electrons. The zero-order chi connectivity index (χ0) is 14.6. The van der Waals surface area contributed by atoms with Crippen LogP contribution in [0.3, 0.4) is 0 Å². The smallest absolute Gasteiger partial charge is 0.311 e. The molecule has 4 nitrogen and oxygen atoms in total. The summed E-state index contributed by atoms with van der Waals surface area (Å²) in [5, 5.41) is 12.1. The highest BCUT2D eigenvalue weighted by atomic mass is 16.4. The van der Waals surface area contributed by atoms with Crippen LogP contribution in [-0.4, -0.2) is 22.5 Å². The molecule has 1 aromatic rings. The fourth-order valence-corrected chi connectivity index (χ4v) is 1.89. The molecule has 1 amide bonds. The van der Waals surface area contributed by atoms with Gasteiger partial charge in [-0.25, -0.2) is 0 Å². The molecule has 0 aliphatic heterocycles. The maximum Gasteiger partial charge on any atom is 0.311 e. The van der Waals surface area contributed by atoms with Crippen LogP contribution >= 0.6 is 0 Å². The first-order chi connectivity index (χ1) is 8.69. The topological polar surface area (TPSA) is 66.4 Å². The molecule has 0 saturated carbocycles. The van der Waals surface area contributed by atoms with Crippen molar-refractivity contribution in [2.24, 2.45) is 0 Å². The number of hydrogen-bond acceptors (Lipinski definition) is 2. The molecule has 1 atom stereocenters. The number of carbonyl (C=O) groups excluding carboxylic acids is 1. The highest BCUT2D eigenvalue weighted by molar-refractivity contribution is 5.86. The maximum absolute atomic E-state index is 11.9. The first-order valence-electron chi connectivity index (χ1n) is 6.29. The van der Waals surface area contributed by atoms with Crippen molar-refractivity contribution in [2.45, 2.75) is 45.6 Å². The monoisotopic (exact) mass is 263 g/mol. The Labute approximate surface area is 113 Å². The second-order valence-electron chi connectivity index (χ2n) is 5.81. The Morgan fingerprint density at radius 1 is 1.32 bits per heavy atom. The van der Waals surface area contributed by atoms with Gasteiger partial charge in [0.05, 0.1) is 5.92 Å². The van der Waals surface area contributed by atoms with Gasteiger partial charge in [-0.1, -0.05) is 29.8 Å². The van der Waals surface area contributed by atoms with Crippen LogP contribution in [0.25, 0.3) is 0 Å². The highest BCUT2D eigenvalue weighted by Crippen LogP contribution is 2.21. The van der Waals surface area contributed by atoms with E-state index in [2.05, 4.69) is 5.32 Å². The Morgan fingerprint density at radius 2 is 1.95 bits per heavy atom. The number of rotatable bonds is 4. The van der Waals surface area contributed by atoms with Gasteiger partial charge in [-0.15, -0.1) is 0 Å². The van der Waals surface area contributed by atoms with Crippen molar-refractivity contribution in [3.63, 3.8) is 0 Å². The fourth-order valence-electron chi connectivity index (χ4n) is 1.89. The van der Waals surface area contributed by atoms with E-state index in [1.54, 1.807) is 6.07 Å². The van der Waals surface area contributed by atoms with Crippen LogP contribution in [0.2, 0.25) is 0 Å². The quantitative estimate of drug-likeness (QED) is 0.877. The van der Waals surface area contributed by atoms with Crippen molar-refractivity contribution >= 4 is 11.9 Å². The SMILES string of the molecule is Cc1cccc(C(CC(=O)NC(C)(C)C)C(=O)O)c1. The van der Waals surface area contributed by atoms with Gasteiger partial charge in [0.25, 0.3) is 0 Å². The van der Waals surface area contributed by atoms with Crippen LogP contribution in [0.4, 0.5) is 0 Å². The minimum Gasteiger partial charge on any atom is -0.481 e. The average Bonchev–Trinajstić information content (AvgIpc) is 2.23. The van der Waals surface area contributed by atoms with E-state index in [4.69, 9.17) is 0 Å². The molecule has 0 aliphatic rings. The fraction of sp³-hybridized carbons (Fsp3) is 0.467. The van der Waals surface area contributed by atoms with Crippen molar-refractivity contribution in [3.8, 4) is 0 Å². The van der Waals surface area contributed by atoms with Crippen LogP contribution in [0.5, 0.6) is 0 Å². The largest absolute Gasteiger partial charge is 0.481 e. The lowest BCUT2D eigenvalue weighted by atomic mass is 9.93. The van der Waals surface area contributed by atoms with Crippen molar-refractivity contribution in [1.82, 2.24) is 5.32 Å². The summed E-state index contributed by atoms with van der Waals surface area (Å²) in [6, 6.07) is 7.26. The minimum absolute atomic E-state index is 0.0456. The third-order valence-corrected chi connectivity index (χ3v) is 2.65. The molecule has 19 heavy (non-hydrogen) atoms. The summed E-state index contributed by atoms with van der Waals surface area (Å²) < 4.78 is 0. The normalized spacial score (nSPS) is 12.8. The van der Waals surface area contributed by atoms with Gasteiger partial charge in [0, 0.05) is 12.0 Å². The summed E-state index contributed by atoms with van der Waals surface area (Å²) in [4.78, 5) is 23.2. The average molecular weight is 263 g/mol. The Morgan fingerprint density at radius 3 is 2.42 bits per heavy atom. The van der Waals surface area contributed by atoms with E-state index in [9.17, 15) is 14.7 Å². The molecule has 2 N–H and O–H groups in total. The van der Waals surface area contributed by atoms with E-state index < -0.39 is 11.9 Å². The molecule has 0 radical (unpaired) electrons. The predicted molar refractivity (Wildman–Crippen MR) is 74.1 cm³/mol. The van der Waals surface area contributed by atoms with E-state index in [0.717, 1.165) is 5.56 Å². The Balaban J connectivity index is 2.85. The number of aryl methyl sites for hydroxylation is 1. The molecule has 1 unspecified atom stereocenters. The molecule has 1 aromatic carbocycles. The lowest BCUT2D eigenvalue weighted by Gasteiger charge is -2.22. The van der Waals surface area contributed by atoms with Gasteiger partial charge in [-0.2, -0.15) is 0 Å². The zero-order valence-electron chi connectivity index (χ0n) is 11.9. The number of carboxylic acids is 1. The predicted octanol–water partition coefficient (Wildman–Crippen LogP) is 2.47. The minimum atomic E-state index is -0.977. The first kappa shape index (κ1) is 15.2. The molecule has 1 rings (SSSR count). The van der Waals surface area contributed by atoms with Crippen molar-refractivity contribution in [3.05, 3.63) is 35.4 Å². The first-order valence-corrected chi connectivity index (χ1v) is 6.29. The van der Waals surface area contributed by atoms with Gasteiger partial charge in [-0.3, -0.25) is 9.59 Å². The summed E-state index contributed by atoms with van der Waals surface area (Å²) in [6.45, 7) is 7.51. The Kier molecular flexibility index (Phi) is 4.70. The molecule has 4 heteroatoms. The second kappa shape index (κ2) is 5.87. The van der Waals surface area contributed by atoms with Crippen LogP contribution < -0.4 is 5.32 Å². The highest BCUT2D eigenvalue weighted by Gasteiger charge is 2.25. The Bertz CT molecular complexity index is 475. The number of hydrogen-bond donors (Lipinski definition) is 2. The second-order valence-corrected chi connectivity index (χ2v) is 5.81. The van der Waals surface area contributed by atoms with Crippen molar-refractivity contribution in [1.29, 1.82) is 0 Å². The summed E-state index contributed by atoms with van der Waals surface area (Å²) >= 11 is 0. The maximum atomic E-state index is 11.9. The van der Waals surface area contributed by atoms with Crippen molar-refractivity contribution in [2.75, 3.05) is 0 Å². The third kappa shape index (κ3) is 5.12. The number of amides is 1. The molecule has 0 aliphatic carbocycles. The van der Waals surface area contributed by atoms with E-state index in [1.807, 2.05) is 45.9 Å². The van der Waals surface area contributed by atoms with Crippen LogP contribution in [-0.2, 0) is 9.59 Å². The number of carbonyl (C=O) groups is 2. The molecule has 0 bridgehead atoms.